The van der Waals surface area contributed by atoms with Crippen molar-refractivity contribution in [3.05, 3.63) is 0 Å². The molecular formula is C13H22F6. The van der Waals surface area contributed by atoms with E-state index in [4.69, 9.17) is 0 Å². The average molecular weight is 292 g/mol. The number of hydrogen-bond donors (Lipinski definition) is 0. The van der Waals surface area contributed by atoms with Crippen LogP contribution in [0.2, 0.25) is 0 Å². The Morgan fingerprint density at radius 1 is 0.632 bits per heavy atom. The normalized spacial score (nSPS) is 13.9. The van der Waals surface area contributed by atoms with Crippen molar-refractivity contribution in [1.29, 1.82) is 0 Å². The van der Waals surface area contributed by atoms with Gasteiger partial charge in [-0.1, -0.05) is 46.0 Å². The lowest BCUT2D eigenvalue weighted by Crippen LogP contribution is -2.53. The summed E-state index contributed by atoms with van der Waals surface area (Å²) in [5.74, 6) is -14.6. The molecule has 0 rings (SSSR count). The SMILES string of the molecule is CCCCCCCCC(F)(F)C(F)(F)C(F)(F)CC. The van der Waals surface area contributed by atoms with Crippen molar-refractivity contribution in [2.24, 2.45) is 0 Å². The van der Waals surface area contributed by atoms with E-state index in [0.717, 1.165) is 26.2 Å². The monoisotopic (exact) mass is 292 g/mol. The molecule has 0 saturated heterocycles. The lowest BCUT2D eigenvalue weighted by atomic mass is 9.97. The first kappa shape index (κ1) is 18.6. The highest BCUT2D eigenvalue weighted by Gasteiger charge is 2.69. The Hall–Kier alpha value is -0.420. The first-order chi connectivity index (χ1) is 8.62. The molecule has 0 aliphatic carbocycles. The van der Waals surface area contributed by atoms with E-state index in [1.807, 2.05) is 6.92 Å². The van der Waals surface area contributed by atoms with E-state index in [9.17, 15) is 26.3 Å². The molecule has 0 aromatic carbocycles. The highest BCUT2D eigenvalue weighted by atomic mass is 19.3. The Balaban J connectivity index is 4.30. The molecule has 0 spiro atoms. The Morgan fingerprint density at radius 3 is 1.58 bits per heavy atom. The fraction of sp³-hybridized carbons (Fsp3) is 1.00. The van der Waals surface area contributed by atoms with Gasteiger partial charge in [0.25, 0.3) is 0 Å². The van der Waals surface area contributed by atoms with E-state index in [1.54, 1.807) is 0 Å². The molecule has 0 unspecified atom stereocenters. The van der Waals surface area contributed by atoms with Gasteiger partial charge in [-0.25, -0.2) is 0 Å². The van der Waals surface area contributed by atoms with Gasteiger partial charge in [0.2, 0.25) is 0 Å². The maximum absolute atomic E-state index is 13.2. The zero-order valence-electron chi connectivity index (χ0n) is 11.4. The number of hydrogen-bond acceptors (Lipinski definition) is 0. The molecule has 0 amide bonds. The average Bonchev–Trinajstić information content (AvgIpc) is 2.33. The van der Waals surface area contributed by atoms with Crippen molar-refractivity contribution in [2.75, 3.05) is 0 Å². The van der Waals surface area contributed by atoms with Crippen LogP contribution in [-0.2, 0) is 0 Å². The maximum atomic E-state index is 13.2. The van der Waals surface area contributed by atoms with Crippen LogP contribution in [0, 0.1) is 0 Å². The zero-order chi connectivity index (χ0) is 15.2. The molecule has 0 aliphatic rings. The maximum Gasteiger partial charge on any atom is 0.371 e. The second-order valence-electron chi connectivity index (χ2n) is 4.85. The van der Waals surface area contributed by atoms with Crippen molar-refractivity contribution in [3.63, 3.8) is 0 Å². The number of rotatable bonds is 10. The predicted octanol–water partition coefficient (Wildman–Crippen LogP) is 6.05. The third-order valence-corrected chi connectivity index (χ3v) is 3.21. The van der Waals surface area contributed by atoms with Gasteiger partial charge in [0.15, 0.2) is 0 Å². The van der Waals surface area contributed by atoms with Gasteiger partial charge < -0.3 is 0 Å². The van der Waals surface area contributed by atoms with Crippen molar-refractivity contribution >= 4 is 0 Å². The van der Waals surface area contributed by atoms with E-state index >= 15 is 0 Å². The van der Waals surface area contributed by atoms with Gasteiger partial charge in [-0.3, -0.25) is 0 Å². The second kappa shape index (κ2) is 7.39. The van der Waals surface area contributed by atoms with Gasteiger partial charge in [-0.2, -0.15) is 26.3 Å². The van der Waals surface area contributed by atoms with Crippen LogP contribution in [0.4, 0.5) is 26.3 Å². The van der Waals surface area contributed by atoms with Crippen LogP contribution < -0.4 is 0 Å². The molecule has 0 bridgehead atoms. The fourth-order valence-corrected chi connectivity index (χ4v) is 1.77. The third kappa shape index (κ3) is 4.88. The first-order valence-electron chi connectivity index (χ1n) is 6.76. The largest absolute Gasteiger partial charge is 0.371 e. The summed E-state index contributed by atoms with van der Waals surface area (Å²) in [6, 6.07) is 0. The van der Waals surface area contributed by atoms with Gasteiger partial charge in [0.05, 0.1) is 0 Å². The Kier molecular flexibility index (Phi) is 7.22. The summed E-state index contributed by atoms with van der Waals surface area (Å²) in [7, 11) is 0. The minimum Gasteiger partial charge on any atom is -0.200 e. The molecule has 0 aliphatic heterocycles. The summed E-state index contributed by atoms with van der Waals surface area (Å²) in [4.78, 5) is 0. The fourth-order valence-electron chi connectivity index (χ4n) is 1.77. The van der Waals surface area contributed by atoms with Crippen LogP contribution in [0.1, 0.15) is 65.2 Å². The summed E-state index contributed by atoms with van der Waals surface area (Å²) in [6.07, 6.45) is 1.17. The Morgan fingerprint density at radius 2 is 1.11 bits per heavy atom. The lowest BCUT2D eigenvalue weighted by Gasteiger charge is -2.32. The minimum atomic E-state index is -5.28. The third-order valence-electron chi connectivity index (χ3n) is 3.21. The number of alkyl halides is 6. The molecule has 0 fully saturated rings. The van der Waals surface area contributed by atoms with Gasteiger partial charge in [-0.05, 0) is 6.42 Å². The Labute approximate surface area is 110 Å². The molecule has 0 radical (unpaired) electrons. The van der Waals surface area contributed by atoms with Gasteiger partial charge >= 0.3 is 17.8 Å². The molecule has 19 heavy (non-hydrogen) atoms. The molecule has 0 aromatic rings. The summed E-state index contributed by atoms with van der Waals surface area (Å²) >= 11 is 0. The van der Waals surface area contributed by atoms with Crippen molar-refractivity contribution < 1.29 is 26.3 Å². The quantitative estimate of drug-likeness (QED) is 0.339. The minimum absolute atomic E-state index is 0.161. The van der Waals surface area contributed by atoms with E-state index < -0.39 is 30.6 Å². The standard InChI is InChI=1S/C13H22F6/c1-3-5-6-7-8-9-10-12(16,17)13(18,19)11(14,15)4-2/h3-10H2,1-2H3. The topological polar surface area (TPSA) is 0 Å². The molecule has 116 valence electrons. The smallest absolute Gasteiger partial charge is 0.200 e. The molecule has 0 nitrogen and oxygen atoms in total. The van der Waals surface area contributed by atoms with Crippen LogP contribution >= 0.6 is 0 Å². The van der Waals surface area contributed by atoms with Crippen LogP contribution in [0.3, 0.4) is 0 Å². The van der Waals surface area contributed by atoms with Gasteiger partial charge in [-0.15, -0.1) is 0 Å². The molecule has 0 heterocycles. The van der Waals surface area contributed by atoms with E-state index in [2.05, 4.69) is 0 Å². The highest BCUT2D eigenvalue weighted by molar-refractivity contribution is 4.95. The number of unbranched alkanes of at least 4 members (excludes halogenated alkanes) is 5. The molecule has 6 heteroatoms. The molecule has 0 saturated carbocycles. The molecule has 0 N–H and O–H groups in total. The summed E-state index contributed by atoms with van der Waals surface area (Å²) in [6.45, 7) is 2.76. The van der Waals surface area contributed by atoms with Crippen molar-refractivity contribution in [2.45, 2.75) is 83.0 Å². The van der Waals surface area contributed by atoms with Crippen molar-refractivity contribution in [3.8, 4) is 0 Å². The second-order valence-corrected chi connectivity index (χ2v) is 4.85. The highest BCUT2D eigenvalue weighted by Crippen LogP contribution is 2.49. The summed E-state index contributed by atoms with van der Waals surface area (Å²) < 4.78 is 78.4. The molecule has 0 atom stereocenters. The number of halogens is 6. The molecular weight excluding hydrogens is 270 g/mol. The van der Waals surface area contributed by atoms with Crippen LogP contribution in [0.25, 0.3) is 0 Å². The zero-order valence-corrected chi connectivity index (χ0v) is 11.4. The summed E-state index contributed by atoms with van der Waals surface area (Å²) in [5.41, 5.74) is 0. The molecule has 0 aromatic heterocycles. The van der Waals surface area contributed by atoms with Gasteiger partial charge in [0.1, 0.15) is 0 Å². The lowest BCUT2D eigenvalue weighted by molar-refractivity contribution is -0.311. The van der Waals surface area contributed by atoms with E-state index in [1.165, 1.54) is 0 Å². The summed E-state index contributed by atoms with van der Waals surface area (Å²) in [5, 5.41) is 0. The van der Waals surface area contributed by atoms with Crippen LogP contribution in [0.5, 0.6) is 0 Å². The van der Waals surface area contributed by atoms with E-state index in [-0.39, 0.29) is 6.42 Å². The van der Waals surface area contributed by atoms with Crippen molar-refractivity contribution in [1.82, 2.24) is 0 Å². The first-order valence-corrected chi connectivity index (χ1v) is 6.76. The Bertz CT molecular complexity index is 250. The van der Waals surface area contributed by atoms with Crippen LogP contribution in [-0.4, -0.2) is 17.8 Å². The van der Waals surface area contributed by atoms with E-state index in [0.29, 0.717) is 12.8 Å². The predicted molar refractivity (Wildman–Crippen MR) is 63.1 cm³/mol. The van der Waals surface area contributed by atoms with Crippen LogP contribution in [0.15, 0.2) is 0 Å². The van der Waals surface area contributed by atoms with Gasteiger partial charge in [0, 0.05) is 12.8 Å².